The molecule has 0 atom stereocenters. The maximum Gasteiger partial charge on any atom is 0.303 e. The number of hydrogen-bond donors (Lipinski definition) is 3. The molecule has 0 rings (SSSR count). The van der Waals surface area contributed by atoms with Crippen LogP contribution in [0, 0.1) is 0 Å². The average molecular weight is 317 g/mol. The largest absolute Gasteiger partial charge is 0.481 e. The summed E-state index contributed by atoms with van der Waals surface area (Å²) in [5.41, 5.74) is 0. The average Bonchev–Trinajstić information content (AvgIpc) is 2.44. The standard InChI is InChI=1S/C14H23NO7/c16-11(7-3-1-5-9-13(18)19)15(22)12(17)8-4-2-6-10-14(20)21/h22H,1-10H2,(H,18,19)(H,20,21). The van der Waals surface area contributed by atoms with E-state index in [4.69, 9.17) is 10.2 Å². The lowest BCUT2D eigenvalue weighted by Gasteiger charge is -2.12. The van der Waals surface area contributed by atoms with E-state index in [1.54, 1.807) is 0 Å². The topological polar surface area (TPSA) is 132 Å². The summed E-state index contributed by atoms with van der Waals surface area (Å²) in [7, 11) is 0. The van der Waals surface area contributed by atoms with Crippen molar-refractivity contribution < 1.29 is 34.6 Å². The molecule has 0 aliphatic heterocycles. The molecule has 126 valence electrons. The second kappa shape index (κ2) is 11.7. The molecule has 8 nitrogen and oxygen atoms in total. The quantitative estimate of drug-likeness (QED) is 0.284. The van der Waals surface area contributed by atoms with Crippen molar-refractivity contribution in [3.05, 3.63) is 0 Å². The molecule has 2 amide bonds. The van der Waals surface area contributed by atoms with Gasteiger partial charge < -0.3 is 10.2 Å². The Labute approximate surface area is 128 Å². The zero-order valence-corrected chi connectivity index (χ0v) is 12.5. The lowest BCUT2D eigenvalue weighted by molar-refractivity contribution is -0.179. The predicted molar refractivity (Wildman–Crippen MR) is 75.1 cm³/mol. The van der Waals surface area contributed by atoms with Gasteiger partial charge in [-0.1, -0.05) is 12.8 Å². The molecule has 0 bridgehead atoms. The number of carbonyl (C=O) groups is 4. The molecule has 0 aromatic carbocycles. The van der Waals surface area contributed by atoms with Crippen molar-refractivity contribution in [2.45, 2.75) is 64.2 Å². The zero-order valence-electron chi connectivity index (χ0n) is 12.5. The molecular weight excluding hydrogens is 294 g/mol. The number of carboxylic acids is 2. The third-order valence-electron chi connectivity index (χ3n) is 3.04. The number of amides is 2. The molecule has 8 heteroatoms. The highest BCUT2D eigenvalue weighted by atomic mass is 16.5. The van der Waals surface area contributed by atoms with Crippen molar-refractivity contribution in [2.24, 2.45) is 0 Å². The minimum absolute atomic E-state index is 0.0130. The van der Waals surface area contributed by atoms with Crippen LogP contribution in [0.4, 0.5) is 0 Å². The van der Waals surface area contributed by atoms with Gasteiger partial charge in [0.25, 0.3) is 11.8 Å². The maximum atomic E-state index is 11.5. The summed E-state index contributed by atoms with van der Waals surface area (Å²) in [6.45, 7) is 0. The summed E-state index contributed by atoms with van der Waals surface area (Å²) >= 11 is 0. The van der Waals surface area contributed by atoms with Crippen LogP contribution in [-0.4, -0.2) is 44.2 Å². The summed E-state index contributed by atoms with van der Waals surface area (Å²) in [4.78, 5) is 43.6. The Kier molecular flexibility index (Phi) is 10.6. The van der Waals surface area contributed by atoms with Gasteiger partial charge in [-0.2, -0.15) is 5.06 Å². The number of aliphatic carboxylic acids is 2. The first-order valence-electron chi connectivity index (χ1n) is 7.33. The highest BCUT2D eigenvalue weighted by molar-refractivity contribution is 5.93. The van der Waals surface area contributed by atoms with Crippen LogP contribution in [0.25, 0.3) is 0 Å². The van der Waals surface area contributed by atoms with Crippen LogP contribution in [0.15, 0.2) is 0 Å². The Morgan fingerprint density at radius 3 is 1.23 bits per heavy atom. The number of rotatable bonds is 12. The van der Waals surface area contributed by atoms with Crippen molar-refractivity contribution in [3.63, 3.8) is 0 Å². The van der Waals surface area contributed by atoms with E-state index in [-0.39, 0.29) is 30.7 Å². The van der Waals surface area contributed by atoms with E-state index in [0.717, 1.165) is 0 Å². The Morgan fingerprint density at radius 1 is 0.591 bits per heavy atom. The number of nitrogens with zero attached hydrogens (tertiary/aromatic N) is 1. The second-order valence-electron chi connectivity index (χ2n) is 5.01. The lowest BCUT2D eigenvalue weighted by atomic mass is 10.1. The summed E-state index contributed by atoms with van der Waals surface area (Å²) in [5, 5.41) is 26.4. The van der Waals surface area contributed by atoms with Gasteiger partial charge in [0, 0.05) is 25.7 Å². The number of hydrogen-bond acceptors (Lipinski definition) is 5. The maximum absolute atomic E-state index is 11.5. The fraction of sp³-hybridized carbons (Fsp3) is 0.714. The first kappa shape index (κ1) is 20.0. The SMILES string of the molecule is O=C(O)CCCCCC(=O)N(O)C(=O)CCCCCC(=O)O. The number of unbranched alkanes of at least 4 members (excludes halogenated alkanes) is 4. The third-order valence-corrected chi connectivity index (χ3v) is 3.04. The minimum Gasteiger partial charge on any atom is -0.481 e. The van der Waals surface area contributed by atoms with Gasteiger partial charge >= 0.3 is 11.9 Å². The third kappa shape index (κ3) is 10.8. The van der Waals surface area contributed by atoms with Crippen LogP contribution < -0.4 is 0 Å². The van der Waals surface area contributed by atoms with Gasteiger partial charge in [-0.25, -0.2) is 0 Å². The van der Waals surface area contributed by atoms with Gasteiger partial charge in [-0.05, 0) is 25.7 Å². The first-order chi connectivity index (χ1) is 10.3. The normalized spacial score (nSPS) is 10.2. The molecule has 0 aliphatic carbocycles. The van der Waals surface area contributed by atoms with Gasteiger partial charge in [0.2, 0.25) is 0 Å². The van der Waals surface area contributed by atoms with Crippen LogP contribution in [-0.2, 0) is 19.2 Å². The fourth-order valence-corrected chi connectivity index (χ4v) is 1.81. The van der Waals surface area contributed by atoms with Crippen LogP contribution >= 0.6 is 0 Å². The van der Waals surface area contributed by atoms with Crippen molar-refractivity contribution in [1.29, 1.82) is 0 Å². The Balaban J connectivity index is 3.75. The van der Waals surface area contributed by atoms with E-state index in [1.165, 1.54) is 0 Å². The van der Waals surface area contributed by atoms with Crippen LogP contribution in [0.2, 0.25) is 0 Å². The number of hydroxylamine groups is 2. The molecular formula is C14H23NO7. The molecule has 22 heavy (non-hydrogen) atoms. The van der Waals surface area contributed by atoms with Crippen LogP contribution in [0.5, 0.6) is 0 Å². The molecule has 0 aliphatic rings. The fourth-order valence-electron chi connectivity index (χ4n) is 1.81. The summed E-state index contributed by atoms with van der Waals surface area (Å²) in [6.07, 6.45) is 2.84. The monoisotopic (exact) mass is 317 g/mol. The van der Waals surface area contributed by atoms with Crippen molar-refractivity contribution in [3.8, 4) is 0 Å². The van der Waals surface area contributed by atoms with Gasteiger partial charge in [0.1, 0.15) is 0 Å². The zero-order chi connectivity index (χ0) is 17.0. The Bertz CT molecular complexity index is 359. The molecule has 0 saturated heterocycles. The van der Waals surface area contributed by atoms with E-state index in [0.29, 0.717) is 38.5 Å². The molecule has 0 aromatic heterocycles. The highest BCUT2D eigenvalue weighted by Gasteiger charge is 2.18. The van der Waals surface area contributed by atoms with Crippen molar-refractivity contribution >= 4 is 23.8 Å². The molecule has 0 spiro atoms. The molecule has 3 N–H and O–H groups in total. The van der Waals surface area contributed by atoms with Gasteiger partial charge in [-0.3, -0.25) is 24.4 Å². The molecule has 0 unspecified atom stereocenters. The predicted octanol–water partition coefficient (Wildman–Crippen LogP) is 1.80. The molecule has 0 saturated carbocycles. The van der Waals surface area contributed by atoms with Gasteiger partial charge in [0.15, 0.2) is 0 Å². The summed E-state index contributed by atoms with van der Waals surface area (Å²) in [5.74, 6) is -3.20. The van der Waals surface area contributed by atoms with E-state index >= 15 is 0 Å². The van der Waals surface area contributed by atoms with Gasteiger partial charge in [0.05, 0.1) is 0 Å². The molecule has 0 aromatic rings. The van der Waals surface area contributed by atoms with Gasteiger partial charge in [-0.15, -0.1) is 0 Å². The van der Waals surface area contributed by atoms with Crippen molar-refractivity contribution in [2.75, 3.05) is 0 Å². The van der Waals surface area contributed by atoms with Crippen molar-refractivity contribution in [1.82, 2.24) is 5.06 Å². The Hall–Kier alpha value is -1.96. The number of carboxylic acid groups (broad SMARTS) is 2. The number of imide groups is 1. The number of carbonyl (C=O) groups excluding carboxylic acids is 2. The minimum atomic E-state index is -0.895. The van der Waals surface area contributed by atoms with Crippen LogP contribution in [0.1, 0.15) is 64.2 Å². The molecule has 0 heterocycles. The van der Waals surface area contributed by atoms with E-state index < -0.39 is 23.8 Å². The highest BCUT2D eigenvalue weighted by Crippen LogP contribution is 2.08. The second-order valence-corrected chi connectivity index (χ2v) is 5.01. The van der Waals surface area contributed by atoms with E-state index in [9.17, 15) is 24.4 Å². The Morgan fingerprint density at radius 2 is 0.909 bits per heavy atom. The lowest BCUT2D eigenvalue weighted by Crippen LogP contribution is -2.33. The van der Waals surface area contributed by atoms with E-state index in [1.807, 2.05) is 0 Å². The van der Waals surface area contributed by atoms with Crippen LogP contribution in [0.3, 0.4) is 0 Å². The summed E-state index contributed by atoms with van der Waals surface area (Å²) in [6, 6.07) is 0. The first-order valence-corrected chi connectivity index (χ1v) is 7.33. The van der Waals surface area contributed by atoms with E-state index in [2.05, 4.69) is 0 Å². The molecule has 0 radical (unpaired) electrons. The summed E-state index contributed by atoms with van der Waals surface area (Å²) < 4.78 is 0. The smallest absolute Gasteiger partial charge is 0.303 e. The molecule has 0 fully saturated rings.